The van der Waals surface area contributed by atoms with E-state index in [1.807, 2.05) is 24.3 Å². The number of aromatic nitrogens is 4. The Kier molecular flexibility index (Phi) is 6.97. The molecule has 3 heterocycles. The van der Waals surface area contributed by atoms with E-state index < -0.39 is 5.41 Å². The zero-order chi connectivity index (χ0) is 41.2. The van der Waals surface area contributed by atoms with Gasteiger partial charge in [0, 0.05) is 38.2 Å². The lowest BCUT2D eigenvalue weighted by atomic mass is 9.70. The van der Waals surface area contributed by atoms with Crippen molar-refractivity contribution in [2.24, 2.45) is 0 Å². The van der Waals surface area contributed by atoms with Crippen molar-refractivity contribution >= 4 is 43.7 Å². The molecule has 0 amide bonds. The van der Waals surface area contributed by atoms with Crippen molar-refractivity contribution < 1.29 is 4.42 Å². The van der Waals surface area contributed by atoms with Gasteiger partial charge >= 0.3 is 0 Å². The van der Waals surface area contributed by atoms with Crippen LogP contribution in [0.5, 0.6) is 0 Å². The number of benzene rings is 9. The summed E-state index contributed by atoms with van der Waals surface area (Å²) in [6.07, 6.45) is 0. The van der Waals surface area contributed by atoms with Gasteiger partial charge in [0.15, 0.2) is 11.6 Å². The third-order valence-corrected chi connectivity index (χ3v) is 13.5. The summed E-state index contributed by atoms with van der Waals surface area (Å²) in [5.41, 5.74) is 17.4. The highest BCUT2D eigenvalue weighted by Gasteiger charge is 2.52. The third kappa shape index (κ3) is 4.68. The molecule has 3 aromatic heterocycles. The molecule has 14 rings (SSSR count). The summed E-state index contributed by atoms with van der Waals surface area (Å²) < 4.78 is 8.90. The van der Waals surface area contributed by atoms with Crippen molar-refractivity contribution in [3.63, 3.8) is 0 Å². The largest absolute Gasteiger partial charge is 0.456 e. The Morgan fingerprint density at radius 2 is 0.889 bits per heavy atom. The standard InChI is InChI=1S/C58H34N4O/c1-3-15-35(16-4-1)37-27-29-42-43-30-28-38(34-52(43)63-51(42)33-37)56-59-55(36-17-5-2-6-18-36)60-57(61-56)62-50-26-14-10-21-41(50)44-31-32-49-53(54(44)62)45-22-9-13-25-48(45)58(49)46-23-11-7-19-39(46)40-20-8-12-24-47(40)58/h1-34H. The summed E-state index contributed by atoms with van der Waals surface area (Å²) in [7, 11) is 0. The first-order valence-electron chi connectivity index (χ1n) is 21.4. The maximum absolute atomic E-state index is 6.61. The Labute approximate surface area is 362 Å². The minimum Gasteiger partial charge on any atom is -0.456 e. The Hall–Kier alpha value is -8.41. The van der Waals surface area contributed by atoms with Gasteiger partial charge in [-0.05, 0) is 80.4 Å². The zero-order valence-electron chi connectivity index (χ0n) is 33.8. The Morgan fingerprint density at radius 3 is 1.59 bits per heavy atom. The Balaban J connectivity index is 1.04. The SMILES string of the molecule is c1ccc(-c2ccc3c(c2)oc2cc(-c4nc(-c5ccccc5)nc(-n5c6ccccc6c6ccc7c(c65)-c5ccccc5C75c6ccccc6-c6ccccc65)n4)ccc23)cc1. The van der Waals surface area contributed by atoms with E-state index in [0.29, 0.717) is 17.6 Å². The fraction of sp³-hybridized carbons (Fsp3) is 0.0172. The van der Waals surface area contributed by atoms with Crippen molar-refractivity contribution in [1.29, 1.82) is 0 Å². The average Bonchev–Trinajstić information content (AvgIpc) is 4.07. The van der Waals surface area contributed by atoms with Crippen molar-refractivity contribution in [3.8, 4) is 62.1 Å². The molecule has 2 aliphatic rings. The smallest absolute Gasteiger partial charge is 0.238 e. The summed E-state index contributed by atoms with van der Waals surface area (Å²) in [6, 6.07) is 73.6. The van der Waals surface area contributed by atoms with E-state index >= 15 is 0 Å². The monoisotopic (exact) mass is 802 g/mol. The maximum atomic E-state index is 6.61. The van der Waals surface area contributed by atoms with Gasteiger partial charge in [0.25, 0.3) is 0 Å². The van der Waals surface area contributed by atoms with Crippen LogP contribution < -0.4 is 0 Å². The van der Waals surface area contributed by atoms with Gasteiger partial charge in [0.05, 0.1) is 16.4 Å². The summed E-state index contributed by atoms with van der Waals surface area (Å²) in [6.45, 7) is 0. The van der Waals surface area contributed by atoms with Gasteiger partial charge in [-0.3, -0.25) is 4.57 Å². The molecule has 0 saturated carbocycles. The fourth-order valence-electron chi connectivity index (χ4n) is 10.9. The van der Waals surface area contributed by atoms with Crippen molar-refractivity contribution in [2.75, 3.05) is 0 Å². The molecule has 0 aliphatic heterocycles. The molecule has 12 aromatic rings. The van der Waals surface area contributed by atoms with E-state index in [1.54, 1.807) is 0 Å². The molecule has 5 heteroatoms. The lowest BCUT2D eigenvalue weighted by molar-refractivity contribution is 0.669. The van der Waals surface area contributed by atoms with Crippen LogP contribution in [0.25, 0.3) is 106 Å². The van der Waals surface area contributed by atoms with Crippen LogP contribution in [0.3, 0.4) is 0 Å². The van der Waals surface area contributed by atoms with Crippen LogP contribution in [0.2, 0.25) is 0 Å². The van der Waals surface area contributed by atoms with Gasteiger partial charge in [-0.1, -0.05) is 176 Å². The van der Waals surface area contributed by atoms with E-state index in [9.17, 15) is 0 Å². The molecule has 0 radical (unpaired) electrons. The minimum atomic E-state index is -0.488. The molecule has 5 nitrogen and oxygen atoms in total. The number of furan rings is 1. The third-order valence-electron chi connectivity index (χ3n) is 13.5. The van der Waals surface area contributed by atoms with Gasteiger partial charge in [0.2, 0.25) is 5.95 Å². The highest BCUT2D eigenvalue weighted by Crippen LogP contribution is 2.64. The van der Waals surface area contributed by atoms with Crippen molar-refractivity contribution in [2.45, 2.75) is 5.41 Å². The molecule has 0 unspecified atom stereocenters. The molecule has 0 atom stereocenters. The molecule has 63 heavy (non-hydrogen) atoms. The summed E-state index contributed by atoms with van der Waals surface area (Å²) in [4.78, 5) is 16.0. The molecular weight excluding hydrogens is 769 g/mol. The van der Waals surface area contributed by atoms with Gasteiger partial charge in [0.1, 0.15) is 11.2 Å². The molecule has 292 valence electrons. The normalized spacial score (nSPS) is 13.2. The van der Waals surface area contributed by atoms with Gasteiger partial charge in [-0.2, -0.15) is 9.97 Å². The molecule has 0 fully saturated rings. The maximum Gasteiger partial charge on any atom is 0.238 e. The van der Waals surface area contributed by atoms with E-state index in [2.05, 4.69) is 187 Å². The highest BCUT2D eigenvalue weighted by atomic mass is 16.3. The number of fused-ring (bicyclic) bond motifs is 17. The van der Waals surface area contributed by atoms with Crippen LogP contribution in [-0.4, -0.2) is 19.5 Å². The first kappa shape index (κ1) is 34.3. The first-order valence-corrected chi connectivity index (χ1v) is 21.4. The van der Waals surface area contributed by atoms with Crippen LogP contribution >= 0.6 is 0 Å². The summed E-state index contributed by atoms with van der Waals surface area (Å²) in [5, 5.41) is 4.41. The second-order valence-electron chi connectivity index (χ2n) is 16.7. The van der Waals surface area contributed by atoms with Crippen molar-refractivity contribution in [1.82, 2.24) is 19.5 Å². The second-order valence-corrected chi connectivity index (χ2v) is 16.7. The zero-order valence-corrected chi connectivity index (χ0v) is 33.8. The fourth-order valence-corrected chi connectivity index (χ4v) is 10.9. The molecule has 0 N–H and O–H groups in total. The van der Waals surface area contributed by atoms with Gasteiger partial charge in [-0.25, -0.2) is 4.98 Å². The van der Waals surface area contributed by atoms with Gasteiger partial charge < -0.3 is 4.42 Å². The average molecular weight is 803 g/mol. The molecule has 1 spiro atoms. The van der Waals surface area contributed by atoms with E-state index in [1.165, 1.54) is 44.5 Å². The van der Waals surface area contributed by atoms with Crippen LogP contribution in [0.1, 0.15) is 22.3 Å². The molecule has 9 aromatic carbocycles. The molecule has 2 aliphatic carbocycles. The molecular formula is C58H34N4O. The number of hydrogen-bond donors (Lipinski definition) is 0. The number of para-hydroxylation sites is 1. The quantitative estimate of drug-likeness (QED) is 0.178. The van der Waals surface area contributed by atoms with Crippen LogP contribution in [0, 0.1) is 0 Å². The molecule has 0 bridgehead atoms. The van der Waals surface area contributed by atoms with Crippen molar-refractivity contribution in [3.05, 3.63) is 229 Å². The lowest BCUT2D eigenvalue weighted by Crippen LogP contribution is -2.25. The summed E-state index contributed by atoms with van der Waals surface area (Å²) in [5.74, 6) is 1.73. The Bertz CT molecular complexity index is 3820. The predicted molar refractivity (Wildman–Crippen MR) is 254 cm³/mol. The molecule has 0 saturated heterocycles. The van der Waals surface area contributed by atoms with Crippen LogP contribution in [0.15, 0.2) is 211 Å². The first-order chi connectivity index (χ1) is 31.2. The Morgan fingerprint density at radius 1 is 0.365 bits per heavy atom. The minimum absolute atomic E-state index is 0.488. The number of nitrogens with zero attached hydrogens (tertiary/aromatic N) is 4. The summed E-state index contributed by atoms with van der Waals surface area (Å²) >= 11 is 0. The second kappa shape index (κ2) is 12.8. The van der Waals surface area contributed by atoms with Crippen LogP contribution in [-0.2, 0) is 5.41 Å². The lowest BCUT2D eigenvalue weighted by Gasteiger charge is -2.30. The number of hydrogen-bond acceptors (Lipinski definition) is 4. The van der Waals surface area contributed by atoms with E-state index in [-0.39, 0.29) is 0 Å². The van der Waals surface area contributed by atoms with Crippen LogP contribution in [0.4, 0.5) is 0 Å². The van der Waals surface area contributed by atoms with Gasteiger partial charge in [-0.15, -0.1) is 0 Å². The highest BCUT2D eigenvalue weighted by molar-refractivity contribution is 6.16. The van der Waals surface area contributed by atoms with E-state index in [4.69, 9.17) is 19.4 Å². The number of rotatable bonds is 4. The van der Waals surface area contributed by atoms with E-state index in [0.717, 1.165) is 66.0 Å². The topological polar surface area (TPSA) is 56.7 Å². The predicted octanol–water partition coefficient (Wildman–Crippen LogP) is 14.2.